The Bertz CT molecular complexity index is 1810. The van der Waals surface area contributed by atoms with Crippen molar-refractivity contribution in [3.63, 3.8) is 0 Å². The molecule has 0 aliphatic rings. The van der Waals surface area contributed by atoms with Crippen LogP contribution in [0.25, 0.3) is 0 Å². The molecule has 6 rings (SSSR count). The summed E-state index contributed by atoms with van der Waals surface area (Å²) in [5.74, 6) is 1.74. The van der Waals surface area contributed by atoms with E-state index in [4.69, 9.17) is 9.47 Å². The fourth-order valence-corrected chi connectivity index (χ4v) is 6.24. The van der Waals surface area contributed by atoms with E-state index in [2.05, 4.69) is 209 Å². The lowest BCUT2D eigenvalue weighted by atomic mass is 9.87. The molecule has 6 aromatic carbocycles. The van der Waals surface area contributed by atoms with E-state index in [1.165, 1.54) is 11.1 Å². The number of anilines is 6. The van der Waals surface area contributed by atoms with Gasteiger partial charge in [-0.25, -0.2) is 0 Å². The van der Waals surface area contributed by atoms with Gasteiger partial charge in [0.05, 0.1) is 13.2 Å². The van der Waals surface area contributed by atoms with Crippen molar-refractivity contribution >= 4 is 34.1 Å². The molecule has 0 saturated carbocycles. The Kier molecular flexibility index (Phi) is 11.3. The van der Waals surface area contributed by atoms with Gasteiger partial charge in [0, 0.05) is 34.1 Å². The van der Waals surface area contributed by atoms with Crippen LogP contribution in [0, 0.1) is 0 Å². The summed E-state index contributed by atoms with van der Waals surface area (Å²) in [5, 5.41) is 0. The van der Waals surface area contributed by atoms with Crippen LogP contribution in [0.1, 0.15) is 65.5 Å². The van der Waals surface area contributed by atoms with Gasteiger partial charge in [0.15, 0.2) is 0 Å². The van der Waals surface area contributed by atoms with Gasteiger partial charge in [-0.1, -0.05) is 102 Å². The minimum absolute atomic E-state index is 0.109. The second-order valence-corrected chi connectivity index (χ2v) is 15.3. The number of hydrogen-bond donors (Lipinski definition) is 0. The van der Waals surface area contributed by atoms with Gasteiger partial charge in [-0.05, 0) is 132 Å². The van der Waals surface area contributed by atoms with Crippen LogP contribution in [0.2, 0.25) is 0 Å². The number of unbranched alkanes of at least 4 members (excludes halogenated alkanes) is 1. The van der Waals surface area contributed by atoms with E-state index in [9.17, 15) is 0 Å². The Morgan fingerprint density at radius 1 is 0.346 bits per heavy atom. The summed E-state index contributed by atoms with van der Waals surface area (Å²) in [7, 11) is 0. The van der Waals surface area contributed by atoms with E-state index in [1.54, 1.807) is 0 Å². The summed E-state index contributed by atoms with van der Waals surface area (Å²) in [6, 6.07) is 55.5. The van der Waals surface area contributed by atoms with Gasteiger partial charge in [0.25, 0.3) is 0 Å². The molecule has 4 heteroatoms. The monoisotopic (exact) mass is 688 g/mol. The maximum atomic E-state index is 6.13. The number of ether oxygens (including phenoxy) is 2. The van der Waals surface area contributed by atoms with E-state index >= 15 is 0 Å². The van der Waals surface area contributed by atoms with Crippen molar-refractivity contribution in [1.82, 2.24) is 0 Å². The van der Waals surface area contributed by atoms with Crippen LogP contribution in [-0.2, 0) is 10.8 Å². The predicted molar refractivity (Wildman–Crippen MR) is 220 cm³/mol. The fourth-order valence-electron chi connectivity index (χ4n) is 6.24. The zero-order valence-corrected chi connectivity index (χ0v) is 31.6. The second kappa shape index (κ2) is 16.2. The average Bonchev–Trinajstić information content (AvgIpc) is 3.15. The van der Waals surface area contributed by atoms with Crippen molar-refractivity contribution in [3.8, 4) is 11.5 Å². The van der Waals surface area contributed by atoms with Crippen LogP contribution in [0.4, 0.5) is 34.1 Å². The van der Waals surface area contributed by atoms with Gasteiger partial charge in [0.2, 0.25) is 0 Å². The summed E-state index contributed by atoms with van der Waals surface area (Å²) < 4.78 is 12.3. The van der Waals surface area contributed by atoms with Crippen LogP contribution < -0.4 is 19.3 Å². The van der Waals surface area contributed by atoms with Gasteiger partial charge < -0.3 is 19.3 Å². The Morgan fingerprint density at radius 2 is 0.615 bits per heavy atom. The Labute approximate surface area is 311 Å². The van der Waals surface area contributed by atoms with Crippen LogP contribution >= 0.6 is 0 Å². The highest BCUT2D eigenvalue weighted by Gasteiger charge is 2.18. The van der Waals surface area contributed by atoms with Gasteiger partial charge in [-0.2, -0.15) is 0 Å². The average molecular weight is 689 g/mol. The first kappa shape index (κ1) is 36.3. The van der Waals surface area contributed by atoms with Crippen molar-refractivity contribution < 1.29 is 9.47 Å². The molecule has 0 aliphatic carbocycles. The minimum atomic E-state index is 0.109. The first-order valence-corrected chi connectivity index (χ1v) is 18.4. The molecule has 0 aromatic heterocycles. The van der Waals surface area contributed by atoms with Crippen LogP contribution in [0.15, 0.2) is 158 Å². The van der Waals surface area contributed by atoms with Crippen molar-refractivity contribution in [3.05, 3.63) is 169 Å². The lowest BCUT2D eigenvalue weighted by Crippen LogP contribution is -2.13. The summed E-state index contributed by atoms with van der Waals surface area (Å²) in [5.41, 5.74) is 9.53. The summed E-state index contributed by atoms with van der Waals surface area (Å²) in [6.45, 7) is 14.7. The highest BCUT2D eigenvalue weighted by Crippen LogP contribution is 2.38. The molecule has 52 heavy (non-hydrogen) atoms. The Morgan fingerprint density at radius 3 is 0.904 bits per heavy atom. The molecule has 0 saturated heterocycles. The molecule has 4 nitrogen and oxygen atoms in total. The third kappa shape index (κ3) is 9.24. The minimum Gasteiger partial charge on any atom is -0.494 e. The van der Waals surface area contributed by atoms with Crippen molar-refractivity contribution in [2.75, 3.05) is 23.0 Å². The maximum Gasteiger partial charge on any atom is 0.119 e. The topological polar surface area (TPSA) is 24.9 Å². The molecule has 0 amide bonds. The number of hydrogen-bond acceptors (Lipinski definition) is 4. The molecule has 0 atom stereocenters. The zero-order chi connectivity index (χ0) is 36.6. The van der Waals surface area contributed by atoms with Crippen molar-refractivity contribution in [2.24, 2.45) is 0 Å². The molecule has 0 radical (unpaired) electrons. The first-order valence-electron chi connectivity index (χ1n) is 18.4. The van der Waals surface area contributed by atoms with Crippen LogP contribution in [0.5, 0.6) is 11.5 Å². The van der Waals surface area contributed by atoms with E-state index in [1.807, 2.05) is 0 Å². The third-order valence-corrected chi connectivity index (χ3v) is 9.28. The standard InChI is InChI=1S/C48H52N2O2/c1-47(2,3)37-19-23-41(24-20-37)49(39-15-9-7-10-16-39)43-27-31-45(32-28-43)51-35-13-14-36-52-46-33-29-44(30-34-46)50(40-17-11-8-12-18-40)42-25-21-38(22-26-42)48(4,5)6/h7-12,15-34H,13-14,35-36H2,1-6H3. The van der Waals surface area contributed by atoms with Crippen molar-refractivity contribution in [1.29, 1.82) is 0 Å². The molecular weight excluding hydrogens is 637 g/mol. The molecule has 0 aliphatic heterocycles. The molecule has 0 spiro atoms. The summed E-state index contributed by atoms with van der Waals surface area (Å²) in [4.78, 5) is 4.56. The molecule has 0 fully saturated rings. The molecule has 0 N–H and O–H groups in total. The van der Waals surface area contributed by atoms with Crippen molar-refractivity contribution in [2.45, 2.75) is 65.2 Å². The summed E-state index contributed by atoms with van der Waals surface area (Å²) in [6.07, 6.45) is 1.81. The quantitative estimate of drug-likeness (QED) is 0.113. The predicted octanol–water partition coefficient (Wildman–Crippen LogP) is 13.5. The molecule has 0 heterocycles. The van der Waals surface area contributed by atoms with Gasteiger partial charge in [-0.3, -0.25) is 0 Å². The Hall–Kier alpha value is -5.48. The fraction of sp³-hybridized carbons (Fsp3) is 0.250. The summed E-state index contributed by atoms with van der Waals surface area (Å²) >= 11 is 0. The lowest BCUT2D eigenvalue weighted by Gasteiger charge is -2.27. The normalized spacial score (nSPS) is 11.6. The molecule has 6 aromatic rings. The van der Waals surface area contributed by atoms with E-state index in [-0.39, 0.29) is 10.8 Å². The smallest absolute Gasteiger partial charge is 0.119 e. The van der Waals surface area contributed by atoms with Crippen LogP contribution in [0.3, 0.4) is 0 Å². The first-order chi connectivity index (χ1) is 25.1. The highest BCUT2D eigenvalue weighted by atomic mass is 16.5. The largest absolute Gasteiger partial charge is 0.494 e. The van der Waals surface area contributed by atoms with E-state index in [0.29, 0.717) is 13.2 Å². The van der Waals surface area contributed by atoms with Gasteiger partial charge in [-0.15, -0.1) is 0 Å². The van der Waals surface area contributed by atoms with Gasteiger partial charge in [0.1, 0.15) is 11.5 Å². The molecule has 0 unspecified atom stereocenters. The third-order valence-electron chi connectivity index (χ3n) is 9.28. The molecule has 266 valence electrons. The second-order valence-electron chi connectivity index (χ2n) is 15.3. The number of benzene rings is 6. The molecule has 0 bridgehead atoms. The SMILES string of the molecule is CC(C)(C)c1ccc(N(c2ccccc2)c2ccc(OCCCCOc3ccc(N(c4ccccc4)c4ccc(C(C)(C)C)cc4)cc3)cc2)cc1. The van der Waals surface area contributed by atoms with E-state index < -0.39 is 0 Å². The van der Waals surface area contributed by atoms with Crippen LogP contribution in [-0.4, -0.2) is 13.2 Å². The molecular formula is C48H52N2O2. The van der Waals surface area contributed by atoms with Gasteiger partial charge >= 0.3 is 0 Å². The number of para-hydroxylation sites is 2. The maximum absolute atomic E-state index is 6.13. The number of nitrogens with zero attached hydrogens (tertiary/aromatic N) is 2. The highest BCUT2D eigenvalue weighted by molar-refractivity contribution is 5.78. The number of rotatable bonds is 13. The lowest BCUT2D eigenvalue weighted by molar-refractivity contribution is 0.266. The zero-order valence-electron chi connectivity index (χ0n) is 31.6. The Balaban J connectivity index is 1.01. The van der Waals surface area contributed by atoms with E-state index in [0.717, 1.165) is 58.5 Å².